The van der Waals surface area contributed by atoms with Crippen LogP contribution in [-0.2, 0) is 5.33 Å². The molecule has 0 spiro atoms. The Balaban J connectivity index is 2.18. The van der Waals surface area contributed by atoms with Crippen molar-refractivity contribution in [3.8, 4) is 0 Å². The SMILES string of the molecule is CC1CCCC(N(C(=O)c2ccc(CBr)cc2)C(C)C)C1. The molecular weight excluding hydrogens is 326 g/mol. The average Bonchev–Trinajstić information content (AvgIpc) is 2.47. The lowest BCUT2D eigenvalue weighted by molar-refractivity contribution is 0.0521. The first kappa shape index (κ1) is 16.5. The number of halogens is 1. The van der Waals surface area contributed by atoms with E-state index in [2.05, 4.69) is 41.6 Å². The van der Waals surface area contributed by atoms with Gasteiger partial charge in [0.1, 0.15) is 0 Å². The second-order valence-electron chi connectivity index (χ2n) is 6.56. The standard InChI is InChI=1S/C18H26BrNO/c1-13(2)20(17-6-4-5-14(3)11-17)18(21)16-9-7-15(12-19)8-10-16/h7-10,13-14,17H,4-6,11-12H2,1-3H3. The van der Waals surface area contributed by atoms with Crippen LogP contribution in [0.4, 0.5) is 0 Å². The molecule has 1 saturated carbocycles. The average molecular weight is 352 g/mol. The number of benzene rings is 1. The summed E-state index contributed by atoms with van der Waals surface area (Å²) in [7, 11) is 0. The maximum atomic E-state index is 12.9. The van der Waals surface area contributed by atoms with E-state index < -0.39 is 0 Å². The van der Waals surface area contributed by atoms with Gasteiger partial charge in [0.2, 0.25) is 0 Å². The predicted octanol–water partition coefficient (Wildman–Crippen LogP) is 5.01. The molecule has 1 aliphatic rings. The van der Waals surface area contributed by atoms with Crippen molar-refractivity contribution in [2.24, 2.45) is 5.92 Å². The van der Waals surface area contributed by atoms with Gasteiger partial charge in [0.05, 0.1) is 0 Å². The molecule has 0 N–H and O–H groups in total. The van der Waals surface area contributed by atoms with Crippen molar-refractivity contribution in [1.82, 2.24) is 4.90 Å². The molecule has 0 aromatic heterocycles. The van der Waals surface area contributed by atoms with Gasteiger partial charge in [0, 0.05) is 23.0 Å². The van der Waals surface area contributed by atoms with Crippen LogP contribution in [-0.4, -0.2) is 22.9 Å². The van der Waals surface area contributed by atoms with Crippen LogP contribution in [0.2, 0.25) is 0 Å². The van der Waals surface area contributed by atoms with Gasteiger partial charge in [-0.05, 0) is 50.3 Å². The zero-order valence-corrected chi connectivity index (χ0v) is 14.9. The van der Waals surface area contributed by atoms with Gasteiger partial charge >= 0.3 is 0 Å². The monoisotopic (exact) mass is 351 g/mol. The van der Waals surface area contributed by atoms with Crippen LogP contribution in [0.15, 0.2) is 24.3 Å². The molecule has 0 saturated heterocycles. The van der Waals surface area contributed by atoms with E-state index in [-0.39, 0.29) is 11.9 Å². The lowest BCUT2D eigenvalue weighted by atomic mass is 9.85. The molecule has 2 nitrogen and oxygen atoms in total. The van der Waals surface area contributed by atoms with Gasteiger partial charge in [-0.1, -0.05) is 47.8 Å². The van der Waals surface area contributed by atoms with Crippen LogP contribution >= 0.6 is 15.9 Å². The second kappa shape index (κ2) is 7.44. The summed E-state index contributed by atoms with van der Waals surface area (Å²) >= 11 is 3.45. The molecule has 0 bridgehead atoms. The molecule has 1 aromatic carbocycles. The number of alkyl halides is 1. The molecule has 1 aromatic rings. The van der Waals surface area contributed by atoms with Crippen LogP contribution in [0, 0.1) is 5.92 Å². The number of nitrogens with zero attached hydrogens (tertiary/aromatic N) is 1. The smallest absolute Gasteiger partial charge is 0.254 e. The van der Waals surface area contributed by atoms with Crippen molar-refractivity contribution in [2.45, 2.75) is 63.9 Å². The summed E-state index contributed by atoms with van der Waals surface area (Å²) in [6.45, 7) is 6.56. The molecule has 3 heteroatoms. The van der Waals surface area contributed by atoms with Crippen LogP contribution in [0.5, 0.6) is 0 Å². The first-order valence-electron chi connectivity index (χ1n) is 8.00. The van der Waals surface area contributed by atoms with Gasteiger partial charge < -0.3 is 4.90 Å². The number of hydrogen-bond donors (Lipinski definition) is 0. The van der Waals surface area contributed by atoms with Gasteiger partial charge in [0.15, 0.2) is 0 Å². The molecule has 1 aliphatic carbocycles. The summed E-state index contributed by atoms with van der Waals surface area (Å²) in [5.41, 5.74) is 2.01. The van der Waals surface area contributed by atoms with Crippen LogP contribution in [0.25, 0.3) is 0 Å². The van der Waals surface area contributed by atoms with Crippen LogP contribution in [0.1, 0.15) is 62.4 Å². The Morgan fingerprint density at radius 2 is 1.95 bits per heavy atom. The molecule has 1 amide bonds. The Bertz CT molecular complexity index is 469. The summed E-state index contributed by atoms with van der Waals surface area (Å²) in [5, 5.41) is 0.829. The zero-order chi connectivity index (χ0) is 15.4. The van der Waals surface area contributed by atoms with E-state index in [1.54, 1.807) is 0 Å². The maximum Gasteiger partial charge on any atom is 0.254 e. The van der Waals surface area contributed by atoms with Crippen molar-refractivity contribution in [2.75, 3.05) is 0 Å². The van der Waals surface area contributed by atoms with Gasteiger partial charge in [0.25, 0.3) is 5.91 Å². The minimum absolute atomic E-state index is 0.185. The third kappa shape index (κ3) is 4.09. The Kier molecular flexibility index (Phi) is 5.86. The van der Waals surface area contributed by atoms with E-state index in [1.165, 1.54) is 18.4 Å². The summed E-state index contributed by atoms with van der Waals surface area (Å²) in [6, 6.07) is 8.63. The highest BCUT2D eigenvalue weighted by atomic mass is 79.9. The van der Waals surface area contributed by atoms with E-state index in [4.69, 9.17) is 0 Å². The zero-order valence-electron chi connectivity index (χ0n) is 13.3. The van der Waals surface area contributed by atoms with Crippen molar-refractivity contribution in [1.29, 1.82) is 0 Å². The van der Waals surface area contributed by atoms with Gasteiger partial charge in [-0.25, -0.2) is 0 Å². The molecule has 21 heavy (non-hydrogen) atoms. The lowest BCUT2D eigenvalue weighted by Gasteiger charge is -2.39. The predicted molar refractivity (Wildman–Crippen MR) is 91.8 cm³/mol. The molecule has 0 radical (unpaired) electrons. The van der Waals surface area contributed by atoms with Gasteiger partial charge in [-0.15, -0.1) is 0 Å². The third-order valence-corrected chi connectivity index (χ3v) is 5.10. The number of carbonyl (C=O) groups excluding carboxylic acids is 1. The highest BCUT2D eigenvalue weighted by molar-refractivity contribution is 9.08. The van der Waals surface area contributed by atoms with Crippen LogP contribution in [0.3, 0.4) is 0 Å². The molecule has 1 fully saturated rings. The second-order valence-corrected chi connectivity index (χ2v) is 7.12. The Hall–Kier alpha value is -0.830. The maximum absolute atomic E-state index is 12.9. The quantitative estimate of drug-likeness (QED) is 0.698. The minimum Gasteiger partial charge on any atom is -0.333 e. The molecule has 2 unspecified atom stereocenters. The number of hydrogen-bond acceptors (Lipinski definition) is 1. The van der Waals surface area contributed by atoms with Crippen molar-refractivity contribution < 1.29 is 4.79 Å². The molecule has 116 valence electrons. The van der Waals surface area contributed by atoms with E-state index in [0.717, 1.165) is 29.7 Å². The van der Waals surface area contributed by atoms with Crippen LogP contribution < -0.4 is 0 Å². The highest BCUT2D eigenvalue weighted by Crippen LogP contribution is 2.29. The normalized spacial score (nSPS) is 22.3. The topological polar surface area (TPSA) is 20.3 Å². The molecule has 0 aliphatic heterocycles. The Morgan fingerprint density at radius 1 is 1.29 bits per heavy atom. The van der Waals surface area contributed by atoms with E-state index in [9.17, 15) is 4.79 Å². The first-order valence-corrected chi connectivity index (χ1v) is 9.12. The van der Waals surface area contributed by atoms with E-state index in [1.807, 2.05) is 24.3 Å². The Labute approximate surface area is 137 Å². The largest absolute Gasteiger partial charge is 0.333 e. The van der Waals surface area contributed by atoms with E-state index in [0.29, 0.717) is 6.04 Å². The molecule has 0 heterocycles. The summed E-state index contributed by atoms with van der Waals surface area (Å²) in [6.07, 6.45) is 4.83. The van der Waals surface area contributed by atoms with Gasteiger partial charge in [-0.3, -0.25) is 4.79 Å². The fourth-order valence-electron chi connectivity index (χ4n) is 3.36. The fourth-order valence-corrected chi connectivity index (χ4v) is 3.74. The Morgan fingerprint density at radius 3 is 2.48 bits per heavy atom. The number of carbonyl (C=O) groups is 1. The minimum atomic E-state index is 0.185. The fraction of sp³-hybridized carbons (Fsp3) is 0.611. The lowest BCUT2D eigenvalue weighted by Crippen LogP contribution is -2.46. The van der Waals surface area contributed by atoms with Crippen molar-refractivity contribution in [3.63, 3.8) is 0 Å². The highest BCUT2D eigenvalue weighted by Gasteiger charge is 2.30. The molecule has 2 rings (SSSR count). The van der Waals surface area contributed by atoms with Gasteiger partial charge in [-0.2, -0.15) is 0 Å². The first-order chi connectivity index (χ1) is 10.0. The van der Waals surface area contributed by atoms with E-state index >= 15 is 0 Å². The summed E-state index contributed by atoms with van der Waals surface area (Å²) in [4.78, 5) is 15.0. The molecular formula is C18H26BrNO. The third-order valence-electron chi connectivity index (χ3n) is 4.45. The molecule has 2 atom stereocenters. The number of rotatable bonds is 4. The number of amides is 1. The summed E-state index contributed by atoms with van der Waals surface area (Å²) in [5.74, 6) is 0.916. The van der Waals surface area contributed by atoms with Crippen molar-refractivity contribution in [3.05, 3.63) is 35.4 Å². The van der Waals surface area contributed by atoms with Crippen molar-refractivity contribution >= 4 is 21.8 Å². The summed E-state index contributed by atoms with van der Waals surface area (Å²) < 4.78 is 0.